The first-order valence-electron chi connectivity index (χ1n) is 12.5. The van der Waals surface area contributed by atoms with Gasteiger partial charge in [0.1, 0.15) is 12.6 Å². The van der Waals surface area contributed by atoms with E-state index in [0.717, 1.165) is 55.1 Å². The Bertz CT molecular complexity index is 1070. The van der Waals surface area contributed by atoms with Crippen molar-refractivity contribution in [3.63, 3.8) is 0 Å². The number of allylic oxidation sites excluding steroid dienone is 2. The summed E-state index contributed by atoms with van der Waals surface area (Å²) in [5.41, 5.74) is 9.41. The van der Waals surface area contributed by atoms with Crippen LogP contribution in [0.3, 0.4) is 0 Å². The molecule has 36 heavy (non-hydrogen) atoms. The van der Waals surface area contributed by atoms with Gasteiger partial charge in [-0.3, -0.25) is 14.4 Å². The number of aryl methyl sites for hydroxylation is 1. The smallest absolute Gasteiger partial charge is 0.305 e. The van der Waals surface area contributed by atoms with Gasteiger partial charge in [0.15, 0.2) is 5.76 Å². The second kappa shape index (κ2) is 12.0. The van der Waals surface area contributed by atoms with Gasteiger partial charge in [0.05, 0.1) is 7.11 Å². The summed E-state index contributed by atoms with van der Waals surface area (Å²) >= 11 is 0. The van der Waals surface area contributed by atoms with Gasteiger partial charge in [0.25, 0.3) is 0 Å². The van der Waals surface area contributed by atoms with E-state index in [1.54, 1.807) is 17.2 Å². The molecule has 2 aliphatic heterocycles. The molecule has 2 N–H and O–H groups in total. The van der Waals surface area contributed by atoms with E-state index in [0.29, 0.717) is 6.54 Å². The fourth-order valence-electron chi connectivity index (χ4n) is 4.86. The number of fused-ring (bicyclic) bond motifs is 1. The highest BCUT2D eigenvalue weighted by atomic mass is 16.5. The third-order valence-electron chi connectivity index (χ3n) is 7.07. The van der Waals surface area contributed by atoms with Gasteiger partial charge in [-0.2, -0.15) is 0 Å². The number of hydrogen-bond donors (Lipinski definition) is 1. The molecule has 0 radical (unpaired) electrons. The highest BCUT2D eigenvalue weighted by Gasteiger charge is 2.33. The van der Waals surface area contributed by atoms with Gasteiger partial charge in [-0.05, 0) is 66.9 Å². The Balaban J connectivity index is 1.37. The van der Waals surface area contributed by atoms with E-state index >= 15 is 0 Å². The molecule has 1 aromatic carbocycles. The fraction of sp³-hybridized carbons (Fsp3) is 0.464. The predicted molar refractivity (Wildman–Crippen MR) is 133 cm³/mol. The molecule has 3 aliphatic rings. The molecule has 1 unspecified atom stereocenters. The second-order valence-electron chi connectivity index (χ2n) is 9.49. The standard InChI is InChI=1S/C28H34N2O6/c1-34-26(32)11-9-24(28(29)33)30-16-22-8-10-25(31)27(23(22)17-30)36-18-21-6-4-19(5-7-21)2-3-20-12-14-35-15-13-20/h4-8,10,16,20,24H,2-3,9,11-15,17-18H2,1H3,(H2,29,33). The van der Waals surface area contributed by atoms with Crippen LogP contribution in [0.4, 0.5) is 0 Å². The lowest BCUT2D eigenvalue weighted by atomic mass is 9.93. The van der Waals surface area contributed by atoms with Crippen LogP contribution in [-0.2, 0) is 41.6 Å². The van der Waals surface area contributed by atoms with Crippen molar-refractivity contribution in [1.29, 1.82) is 0 Å². The lowest BCUT2D eigenvalue weighted by molar-refractivity contribution is -0.141. The van der Waals surface area contributed by atoms with Crippen LogP contribution < -0.4 is 5.73 Å². The molecule has 1 aliphatic carbocycles. The van der Waals surface area contributed by atoms with E-state index in [-0.39, 0.29) is 31.0 Å². The molecule has 2 heterocycles. The molecule has 0 saturated carbocycles. The van der Waals surface area contributed by atoms with Crippen molar-refractivity contribution < 1.29 is 28.6 Å². The van der Waals surface area contributed by atoms with Crippen molar-refractivity contribution in [3.8, 4) is 0 Å². The molecule has 0 aromatic heterocycles. The summed E-state index contributed by atoms with van der Waals surface area (Å²) in [5, 5.41) is 0. The normalized spacial score (nSPS) is 18.6. The Labute approximate surface area is 211 Å². The van der Waals surface area contributed by atoms with Crippen molar-refractivity contribution in [1.82, 2.24) is 4.90 Å². The van der Waals surface area contributed by atoms with Gasteiger partial charge in [0.2, 0.25) is 11.7 Å². The third-order valence-corrected chi connectivity index (χ3v) is 7.07. The van der Waals surface area contributed by atoms with E-state index in [1.807, 2.05) is 12.1 Å². The number of nitrogens with zero attached hydrogens (tertiary/aromatic N) is 1. The Hall–Kier alpha value is -3.39. The number of hydrogen-bond acceptors (Lipinski definition) is 7. The SMILES string of the molecule is COC(=O)CCC(C(N)=O)N1C=C2C=CC(=O)C(OCc3ccc(CCC4CCOCC4)cc3)=C2C1. The number of primary amides is 1. The van der Waals surface area contributed by atoms with Gasteiger partial charge in [-0.15, -0.1) is 0 Å². The molecule has 1 aromatic rings. The molecule has 1 atom stereocenters. The quantitative estimate of drug-likeness (QED) is 0.471. The number of amides is 1. The maximum Gasteiger partial charge on any atom is 0.305 e. The van der Waals surface area contributed by atoms with Gasteiger partial charge in [0, 0.05) is 38.0 Å². The molecule has 1 fully saturated rings. The molecule has 4 rings (SSSR count). The number of carbonyl (C=O) groups is 3. The lowest BCUT2D eigenvalue weighted by Crippen LogP contribution is -2.41. The highest BCUT2D eigenvalue weighted by molar-refractivity contribution is 6.05. The molecule has 192 valence electrons. The maximum atomic E-state index is 12.6. The molecule has 8 heteroatoms. The minimum absolute atomic E-state index is 0.0754. The van der Waals surface area contributed by atoms with E-state index in [4.69, 9.17) is 15.2 Å². The average molecular weight is 495 g/mol. The monoisotopic (exact) mass is 494 g/mol. The van der Waals surface area contributed by atoms with Crippen LogP contribution in [0.15, 0.2) is 59.5 Å². The second-order valence-corrected chi connectivity index (χ2v) is 9.49. The van der Waals surface area contributed by atoms with Crippen LogP contribution in [0.25, 0.3) is 0 Å². The van der Waals surface area contributed by atoms with Gasteiger partial charge >= 0.3 is 5.97 Å². The van der Waals surface area contributed by atoms with Crippen LogP contribution in [0, 0.1) is 5.92 Å². The van der Waals surface area contributed by atoms with Crippen molar-refractivity contribution >= 4 is 17.7 Å². The minimum Gasteiger partial charge on any atom is -0.484 e. The topological polar surface area (TPSA) is 108 Å². The number of carbonyl (C=O) groups excluding carboxylic acids is 3. The molecule has 0 bridgehead atoms. The van der Waals surface area contributed by atoms with Crippen LogP contribution >= 0.6 is 0 Å². The summed E-state index contributed by atoms with van der Waals surface area (Å²) in [6, 6.07) is 7.65. The first-order chi connectivity index (χ1) is 17.4. The summed E-state index contributed by atoms with van der Waals surface area (Å²) < 4.78 is 16.1. The third kappa shape index (κ3) is 6.43. The largest absolute Gasteiger partial charge is 0.484 e. The molecule has 0 spiro atoms. The number of ether oxygens (including phenoxy) is 3. The van der Waals surface area contributed by atoms with Crippen molar-refractivity contribution in [3.05, 3.63) is 70.6 Å². The molecule has 8 nitrogen and oxygen atoms in total. The Kier molecular flexibility index (Phi) is 8.59. The van der Waals surface area contributed by atoms with Gasteiger partial charge < -0.3 is 24.8 Å². The maximum absolute atomic E-state index is 12.6. The van der Waals surface area contributed by atoms with Crippen LogP contribution in [0.5, 0.6) is 0 Å². The van der Waals surface area contributed by atoms with Crippen LogP contribution in [0.1, 0.15) is 43.2 Å². The predicted octanol–water partition coefficient (Wildman–Crippen LogP) is 2.96. The first kappa shape index (κ1) is 25.7. The number of methoxy groups -OCH3 is 1. The first-order valence-corrected chi connectivity index (χ1v) is 12.5. The molecule has 1 amide bonds. The van der Waals surface area contributed by atoms with Crippen molar-refractivity contribution in [2.45, 2.75) is 51.2 Å². The fourth-order valence-corrected chi connectivity index (χ4v) is 4.86. The van der Waals surface area contributed by atoms with Gasteiger partial charge in [-0.25, -0.2) is 0 Å². The van der Waals surface area contributed by atoms with Crippen LogP contribution in [0.2, 0.25) is 0 Å². The van der Waals surface area contributed by atoms with Gasteiger partial charge in [-0.1, -0.05) is 24.3 Å². The zero-order chi connectivity index (χ0) is 25.5. The van der Waals surface area contributed by atoms with E-state index in [9.17, 15) is 14.4 Å². The zero-order valence-corrected chi connectivity index (χ0v) is 20.7. The lowest BCUT2D eigenvalue weighted by Gasteiger charge is -2.25. The van der Waals surface area contributed by atoms with Crippen molar-refractivity contribution in [2.24, 2.45) is 11.7 Å². The number of ketones is 1. The summed E-state index contributed by atoms with van der Waals surface area (Å²) in [5.74, 6) is -0.125. The highest BCUT2D eigenvalue weighted by Crippen LogP contribution is 2.32. The summed E-state index contributed by atoms with van der Waals surface area (Å²) in [6.07, 6.45) is 9.80. The number of nitrogens with two attached hydrogens (primary N) is 1. The zero-order valence-electron chi connectivity index (χ0n) is 20.7. The molecule has 1 saturated heterocycles. The van der Waals surface area contributed by atoms with E-state index in [1.165, 1.54) is 25.2 Å². The number of benzene rings is 1. The average Bonchev–Trinajstić information content (AvgIpc) is 3.32. The number of esters is 1. The van der Waals surface area contributed by atoms with E-state index in [2.05, 4.69) is 16.9 Å². The minimum atomic E-state index is -0.687. The summed E-state index contributed by atoms with van der Waals surface area (Å²) in [7, 11) is 1.31. The summed E-state index contributed by atoms with van der Waals surface area (Å²) in [4.78, 5) is 38.0. The van der Waals surface area contributed by atoms with E-state index < -0.39 is 17.9 Å². The molecular formula is C28H34N2O6. The van der Waals surface area contributed by atoms with Crippen LogP contribution in [-0.4, -0.2) is 55.5 Å². The number of rotatable bonds is 11. The Morgan fingerprint density at radius 1 is 1.14 bits per heavy atom. The Morgan fingerprint density at radius 3 is 2.56 bits per heavy atom. The Morgan fingerprint density at radius 2 is 1.86 bits per heavy atom. The summed E-state index contributed by atoms with van der Waals surface area (Å²) in [6.45, 7) is 2.32. The molecular weight excluding hydrogens is 460 g/mol. The van der Waals surface area contributed by atoms with Crippen molar-refractivity contribution in [2.75, 3.05) is 26.9 Å².